The fraction of sp³-hybridized carbons (Fsp3) is 0.188. The molecule has 92 valence electrons. The predicted molar refractivity (Wildman–Crippen MR) is 71.5 cm³/mol. The quantitative estimate of drug-likeness (QED) is 0.887. The Morgan fingerprint density at radius 1 is 0.889 bits per heavy atom. The monoisotopic (exact) mass is 240 g/mol. The third-order valence-corrected chi connectivity index (χ3v) is 3.21. The summed E-state index contributed by atoms with van der Waals surface area (Å²) in [5.41, 5.74) is 2.08. The molecule has 0 spiro atoms. The van der Waals surface area contributed by atoms with Gasteiger partial charge in [0.15, 0.2) is 0 Å². The summed E-state index contributed by atoms with van der Waals surface area (Å²) in [7, 11) is 0. The van der Waals surface area contributed by atoms with Gasteiger partial charge in [0.05, 0.1) is 5.92 Å². The largest absolute Gasteiger partial charge is 0.481 e. The smallest absolute Gasteiger partial charge is 0.307 e. The number of hydrogen-bond acceptors (Lipinski definition) is 1. The number of aliphatic carboxylic acids is 1. The molecule has 0 aromatic heterocycles. The lowest BCUT2D eigenvalue weighted by Crippen LogP contribution is -2.20. The second kappa shape index (κ2) is 5.50. The summed E-state index contributed by atoms with van der Waals surface area (Å²) in [5, 5.41) is 9.28. The van der Waals surface area contributed by atoms with Crippen LogP contribution in [0, 0.1) is 5.92 Å². The van der Waals surface area contributed by atoms with Crippen molar-refractivity contribution in [3.63, 3.8) is 0 Å². The zero-order valence-corrected chi connectivity index (χ0v) is 10.3. The summed E-state index contributed by atoms with van der Waals surface area (Å²) in [5.74, 6) is -1.33. The Hall–Kier alpha value is -2.09. The van der Waals surface area contributed by atoms with Crippen LogP contribution in [0.3, 0.4) is 0 Å². The Morgan fingerprint density at radius 2 is 1.28 bits per heavy atom. The van der Waals surface area contributed by atoms with Crippen LogP contribution in [0.15, 0.2) is 60.7 Å². The first kappa shape index (κ1) is 12.4. The molecule has 0 aliphatic rings. The number of rotatable bonds is 4. The minimum atomic E-state index is -0.771. The van der Waals surface area contributed by atoms with Crippen molar-refractivity contribution in [1.29, 1.82) is 0 Å². The highest BCUT2D eigenvalue weighted by Gasteiger charge is 2.26. The number of carboxylic acids is 1. The van der Waals surface area contributed by atoms with E-state index in [1.54, 1.807) is 6.92 Å². The van der Waals surface area contributed by atoms with Gasteiger partial charge in [-0.1, -0.05) is 67.6 Å². The van der Waals surface area contributed by atoms with E-state index in [2.05, 4.69) is 0 Å². The maximum Gasteiger partial charge on any atom is 0.307 e. The first-order chi connectivity index (χ1) is 8.70. The minimum absolute atomic E-state index is 0.107. The number of carbonyl (C=O) groups is 1. The lowest BCUT2D eigenvalue weighted by Gasteiger charge is -2.22. The Labute approximate surface area is 107 Å². The van der Waals surface area contributed by atoms with Crippen LogP contribution in [0.2, 0.25) is 0 Å². The normalized spacial score (nSPS) is 12.3. The van der Waals surface area contributed by atoms with Gasteiger partial charge in [-0.25, -0.2) is 0 Å². The molecule has 2 aromatic carbocycles. The molecule has 0 amide bonds. The summed E-state index contributed by atoms with van der Waals surface area (Å²) in [6.07, 6.45) is 0. The van der Waals surface area contributed by atoms with Gasteiger partial charge in [-0.2, -0.15) is 0 Å². The lowest BCUT2D eigenvalue weighted by atomic mass is 9.82. The van der Waals surface area contributed by atoms with E-state index >= 15 is 0 Å². The number of carboxylic acid groups (broad SMARTS) is 1. The SMILES string of the molecule is C[C@@H](C(=O)O)C(c1ccccc1)c1ccccc1. The summed E-state index contributed by atoms with van der Waals surface area (Å²) in [6.45, 7) is 1.76. The van der Waals surface area contributed by atoms with E-state index in [0.29, 0.717) is 0 Å². The van der Waals surface area contributed by atoms with Crippen molar-refractivity contribution in [1.82, 2.24) is 0 Å². The standard InChI is InChI=1S/C16H16O2/c1-12(16(17)18)15(13-8-4-2-5-9-13)14-10-6-3-7-11-14/h2-12,15H,1H3,(H,17,18)/t12-/m1/s1. The van der Waals surface area contributed by atoms with Gasteiger partial charge in [0, 0.05) is 5.92 Å². The molecular formula is C16H16O2. The van der Waals surface area contributed by atoms with Crippen LogP contribution in [-0.4, -0.2) is 11.1 Å². The van der Waals surface area contributed by atoms with Gasteiger partial charge in [0.1, 0.15) is 0 Å². The van der Waals surface area contributed by atoms with Crippen LogP contribution in [0.1, 0.15) is 24.0 Å². The van der Waals surface area contributed by atoms with Crippen LogP contribution < -0.4 is 0 Å². The minimum Gasteiger partial charge on any atom is -0.481 e. The van der Waals surface area contributed by atoms with E-state index in [-0.39, 0.29) is 5.92 Å². The first-order valence-corrected chi connectivity index (χ1v) is 6.03. The van der Waals surface area contributed by atoms with E-state index in [1.165, 1.54) is 0 Å². The average Bonchev–Trinajstić information content (AvgIpc) is 2.41. The van der Waals surface area contributed by atoms with Crippen LogP contribution in [0.25, 0.3) is 0 Å². The summed E-state index contributed by atoms with van der Waals surface area (Å²) < 4.78 is 0. The van der Waals surface area contributed by atoms with Gasteiger partial charge in [-0.3, -0.25) is 4.79 Å². The number of benzene rings is 2. The summed E-state index contributed by atoms with van der Waals surface area (Å²) in [6, 6.07) is 19.6. The Morgan fingerprint density at radius 3 is 1.61 bits per heavy atom. The zero-order valence-electron chi connectivity index (χ0n) is 10.3. The van der Waals surface area contributed by atoms with Gasteiger partial charge in [0.2, 0.25) is 0 Å². The highest BCUT2D eigenvalue weighted by molar-refractivity contribution is 5.72. The van der Waals surface area contributed by atoms with E-state index in [9.17, 15) is 9.90 Å². The molecule has 2 nitrogen and oxygen atoms in total. The Balaban J connectivity index is 2.45. The molecule has 18 heavy (non-hydrogen) atoms. The van der Waals surface area contributed by atoms with Gasteiger partial charge in [-0.15, -0.1) is 0 Å². The molecule has 1 N–H and O–H groups in total. The first-order valence-electron chi connectivity index (χ1n) is 6.03. The zero-order chi connectivity index (χ0) is 13.0. The molecule has 2 aromatic rings. The molecule has 0 aliphatic heterocycles. The maximum absolute atomic E-state index is 11.3. The topological polar surface area (TPSA) is 37.3 Å². The summed E-state index contributed by atoms with van der Waals surface area (Å²) in [4.78, 5) is 11.3. The van der Waals surface area contributed by atoms with Crippen LogP contribution in [0.5, 0.6) is 0 Å². The second-order valence-corrected chi connectivity index (χ2v) is 4.43. The molecular weight excluding hydrogens is 224 g/mol. The van der Waals surface area contributed by atoms with Gasteiger partial charge < -0.3 is 5.11 Å². The van der Waals surface area contributed by atoms with Crippen LogP contribution in [0.4, 0.5) is 0 Å². The van der Waals surface area contributed by atoms with Crippen molar-refractivity contribution in [3.05, 3.63) is 71.8 Å². The fourth-order valence-corrected chi connectivity index (χ4v) is 2.23. The molecule has 0 bridgehead atoms. The van der Waals surface area contributed by atoms with Crippen LogP contribution >= 0.6 is 0 Å². The molecule has 0 heterocycles. The second-order valence-electron chi connectivity index (χ2n) is 4.43. The van der Waals surface area contributed by atoms with Crippen LogP contribution in [-0.2, 0) is 4.79 Å². The van der Waals surface area contributed by atoms with Crippen molar-refractivity contribution in [2.45, 2.75) is 12.8 Å². The van der Waals surface area contributed by atoms with Gasteiger partial charge >= 0.3 is 5.97 Å². The number of hydrogen-bond donors (Lipinski definition) is 1. The summed E-state index contributed by atoms with van der Waals surface area (Å²) >= 11 is 0. The lowest BCUT2D eigenvalue weighted by molar-refractivity contribution is -0.141. The average molecular weight is 240 g/mol. The van der Waals surface area contributed by atoms with E-state index < -0.39 is 11.9 Å². The van der Waals surface area contributed by atoms with E-state index in [0.717, 1.165) is 11.1 Å². The predicted octanol–water partition coefficient (Wildman–Crippen LogP) is 3.54. The Kier molecular flexibility index (Phi) is 3.78. The maximum atomic E-state index is 11.3. The molecule has 0 aliphatic carbocycles. The molecule has 0 saturated heterocycles. The Bertz CT molecular complexity index is 466. The van der Waals surface area contributed by atoms with Crippen molar-refractivity contribution in [2.75, 3.05) is 0 Å². The van der Waals surface area contributed by atoms with Crippen molar-refractivity contribution < 1.29 is 9.90 Å². The third kappa shape index (κ3) is 2.59. The molecule has 0 unspecified atom stereocenters. The van der Waals surface area contributed by atoms with Gasteiger partial charge in [-0.05, 0) is 11.1 Å². The molecule has 2 heteroatoms. The highest BCUT2D eigenvalue weighted by Crippen LogP contribution is 2.31. The molecule has 0 radical (unpaired) electrons. The molecule has 0 saturated carbocycles. The van der Waals surface area contributed by atoms with Gasteiger partial charge in [0.25, 0.3) is 0 Å². The molecule has 0 fully saturated rings. The van der Waals surface area contributed by atoms with E-state index in [1.807, 2.05) is 60.7 Å². The third-order valence-electron chi connectivity index (χ3n) is 3.21. The highest BCUT2D eigenvalue weighted by atomic mass is 16.4. The van der Waals surface area contributed by atoms with Crippen molar-refractivity contribution in [3.8, 4) is 0 Å². The fourth-order valence-electron chi connectivity index (χ4n) is 2.23. The van der Waals surface area contributed by atoms with Crippen molar-refractivity contribution >= 4 is 5.97 Å². The van der Waals surface area contributed by atoms with E-state index in [4.69, 9.17) is 0 Å². The molecule has 1 atom stereocenters. The van der Waals surface area contributed by atoms with Crippen molar-refractivity contribution in [2.24, 2.45) is 5.92 Å². The molecule has 2 rings (SSSR count).